The van der Waals surface area contributed by atoms with Crippen LogP contribution in [0.5, 0.6) is 0 Å². The van der Waals surface area contributed by atoms with Gasteiger partial charge in [0.15, 0.2) is 0 Å². The fourth-order valence-corrected chi connectivity index (χ4v) is 4.60. The zero-order chi connectivity index (χ0) is 27.9. The normalized spacial score (nSPS) is 12.7. The summed E-state index contributed by atoms with van der Waals surface area (Å²) in [6.45, 7) is 4.32. The molecule has 0 saturated heterocycles. The molecule has 0 aliphatic heterocycles. The van der Waals surface area contributed by atoms with Gasteiger partial charge in [0, 0.05) is 12.8 Å². The van der Waals surface area contributed by atoms with Gasteiger partial charge in [-0.3, -0.25) is 9.59 Å². The Morgan fingerprint density at radius 3 is 1.68 bits per heavy atom. The van der Waals surface area contributed by atoms with Gasteiger partial charge in [0.05, 0.1) is 0 Å². The Balaban J connectivity index is 3.60. The average Bonchev–Trinajstić information content (AvgIpc) is 2.89. The summed E-state index contributed by atoms with van der Waals surface area (Å²) in [6, 6.07) is 0. The second-order valence-corrected chi connectivity index (χ2v) is 10.6. The summed E-state index contributed by atoms with van der Waals surface area (Å²) in [5.74, 6) is -0.706. The van der Waals surface area contributed by atoms with Crippen LogP contribution in [0.3, 0.4) is 0 Å². The first-order valence-corrected chi connectivity index (χ1v) is 16.0. The van der Waals surface area contributed by atoms with Crippen molar-refractivity contribution in [3.63, 3.8) is 0 Å². The molecule has 0 aromatic carbocycles. The summed E-state index contributed by atoms with van der Waals surface area (Å²) in [5, 5.41) is 8.66. The van der Waals surface area contributed by atoms with Crippen LogP contribution in [-0.4, -0.2) is 23.1 Å². The van der Waals surface area contributed by atoms with E-state index in [2.05, 4.69) is 50.3 Å². The molecule has 0 radical (unpaired) electrons. The molecule has 0 fully saturated rings. The van der Waals surface area contributed by atoms with Gasteiger partial charge >= 0.3 is 11.9 Å². The molecule has 4 heteroatoms. The monoisotopic (exact) mass is 532 g/mol. The molecule has 0 aromatic rings. The number of carboxylic acid groups (broad SMARTS) is 1. The van der Waals surface area contributed by atoms with Gasteiger partial charge in [0.2, 0.25) is 0 Å². The molecule has 0 amide bonds. The van der Waals surface area contributed by atoms with Crippen LogP contribution in [0.1, 0.15) is 162 Å². The number of carbonyl (C=O) groups excluding carboxylic acids is 1. The largest absolute Gasteiger partial charge is 0.481 e. The number of aliphatic carboxylic acids is 1. The van der Waals surface area contributed by atoms with E-state index in [0.717, 1.165) is 77.0 Å². The van der Waals surface area contributed by atoms with E-state index in [-0.39, 0.29) is 12.1 Å². The van der Waals surface area contributed by atoms with Crippen molar-refractivity contribution in [2.75, 3.05) is 0 Å². The first-order valence-electron chi connectivity index (χ1n) is 16.0. The predicted octanol–water partition coefficient (Wildman–Crippen LogP) is 10.7. The molecule has 1 atom stereocenters. The lowest BCUT2D eigenvalue weighted by Crippen LogP contribution is -2.18. The fraction of sp³-hybridized carbons (Fsp3) is 0.765. The number of carboxylic acids is 1. The van der Waals surface area contributed by atoms with Gasteiger partial charge in [-0.2, -0.15) is 0 Å². The molecule has 0 saturated carbocycles. The third-order valence-corrected chi connectivity index (χ3v) is 6.86. The molecule has 0 aliphatic rings. The predicted molar refractivity (Wildman–Crippen MR) is 162 cm³/mol. The SMILES string of the molecule is CC/C=C\C/C=C\C/C=C\CCCCCCCCCC(=O)OC(CCC)CCCCCCCCCC(=O)O. The van der Waals surface area contributed by atoms with Crippen molar-refractivity contribution in [1.82, 2.24) is 0 Å². The molecule has 38 heavy (non-hydrogen) atoms. The second-order valence-electron chi connectivity index (χ2n) is 10.6. The molecule has 0 heterocycles. The highest BCUT2D eigenvalue weighted by Gasteiger charge is 2.13. The number of unbranched alkanes of at least 4 members (excludes halogenated alkanes) is 13. The number of hydrogen-bond acceptors (Lipinski definition) is 3. The van der Waals surface area contributed by atoms with E-state index in [4.69, 9.17) is 9.84 Å². The van der Waals surface area contributed by atoms with E-state index < -0.39 is 5.97 Å². The highest BCUT2D eigenvalue weighted by molar-refractivity contribution is 5.69. The van der Waals surface area contributed by atoms with Crippen molar-refractivity contribution in [2.24, 2.45) is 0 Å². The summed E-state index contributed by atoms with van der Waals surface area (Å²) in [7, 11) is 0. The maximum absolute atomic E-state index is 12.3. The van der Waals surface area contributed by atoms with E-state index in [1.54, 1.807) is 0 Å². The maximum atomic E-state index is 12.3. The summed E-state index contributed by atoms with van der Waals surface area (Å²) in [5.41, 5.74) is 0. The Kier molecular flexibility index (Phi) is 28.3. The van der Waals surface area contributed by atoms with Crippen LogP contribution in [0.25, 0.3) is 0 Å². The third kappa shape index (κ3) is 28.7. The van der Waals surface area contributed by atoms with Crippen molar-refractivity contribution >= 4 is 11.9 Å². The van der Waals surface area contributed by atoms with Crippen molar-refractivity contribution in [3.05, 3.63) is 36.5 Å². The molecule has 0 rings (SSSR count). The van der Waals surface area contributed by atoms with Crippen LogP contribution in [-0.2, 0) is 14.3 Å². The summed E-state index contributed by atoms with van der Waals surface area (Å²) in [6.07, 6.45) is 37.8. The fourth-order valence-electron chi connectivity index (χ4n) is 4.60. The molecule has 1 N–H and O–H groups in total. The molecular weight excluding hydrogens is 472 g/mol. The van der Waals surface area contributed by atoms with Gasteiger partial charge in [-0.05, 0) is 64.2 Å². The molecule has 0 spiro atoms. The van der Waals surface area contributed by atoms with Crippen molar-refractivity contribution < 1.29 is 19.4 Å². The minimum absolute atomic E-state index is 0.0130. The Labute approximate surface area is 235 Å². The van der Waals surface area contributed by atoms with Gasteiger partial charge in [-0.1, -0.05) is 121 Å². The van der Waals surface area contributed by atoms with Crippen molar-refractivity contribution in [3.8, 4) is 0 Å². The Hall–Kier alpha value is -1.84. The smallest absolute Gasteiger partial charge is 0.306 e. The minimum atomic E-state index is -0.693. The summed E-state index contributed by atoms with van der Waals surface area (Å²) < 4.78 is 5.79. The van der Waals surface area contributed by atoms with Crippen LogP contribution in [0.2, 0.25) is 0 Å². The number of hydrogen-bond donors (Lipinski definition) is 1. The summed E-state index contributed by atoms with van der Waals surface area (Å²) >= 11 is 0. The standard InChI is InChI=1S/C34H60O4/c1-3-5-6-7-8-9-10-11-12-13-14-15-16-17-21-24-27-31-34(37)38-32(28-4-2)29-25-22-19-18-20-23-26-30-33(35)36/h5-6,8-9,11-12,32H,3-4,7,10,13-31H2,1-2H3,(H,35,36)/b6-5-,9-8-,12-11-. The highest BCUT2D eigenvalue weighted by Crippen LogP contribution is 2.16. The molecule has 220 valence electrons. The molecule has 0 bridgehead atoms. The van der Waals surface area contributed by atoms with Gasteiger partial charge in [-0.25, -0.2) is 0 Å². The van der Waals surface area contributed by atoms with Crippen LogP contribution in [0, 0.1) is 0 Å². The quantitative estimate of drug-likeness (QED) is 0.0618. The van der Waals surface area contributed by atoms with Crippen LogP contribution >= 0.6 is 0 Å². The number of esters is 1. The van der Waals surface area contributed by atoms with E-state index in [1.165, 1.54) is 57.8 Å². The maximum Gasteiger partial charge on any atom is 0.306 e. The van der Waals surface area contributed by atoms with Crippen molar-refractivity contribution in [2.45, 2.75) is 168 Å². The molecule has 1 unspecified atom stereocenters. The van der Waals surface area contributed by atoms with Gasteiger partial charge in [0.1, 0.15) is 6.10 Å². The molecular formula is C34H60O4. The highest BCUT2D eigenvalue weighted by atomic mass is 16.5. The average molecular weight is 533 g/mol. The second kappa shape index (κ2) is 29.7. The number of carbonyl (C=O) groups is 2. The molecule has 0 aliphatic carbocycles. The van der Waals surface area contributed by atoms with E-state index in [1.807, 2.05) is 0 Å². The van der Waals surface area contributed by atoms with Gasteiger partial charge in [0.25, 0.3) is 0 Å². The first kappa shape index (κ1) is 36.2. The summed E-state index contributed by atoms with van der Waals surface area (Å²) in [4.78, 5) is 22.8. The molecule has 4 nitrogen and oxygen atoms in total. The van der Waals surface area contributed by atoms with Gasteiger partial charge in [-0.15, -0.1) is 0 Å². The van der Waals surface area contributed by atoms with E-state index >= 15 is 0 Å². The minimum Gasteiger partial charge on any atom is -0.481 e. The third-order valence-electron chi connectivity index (χ3n) is 6.86. The lowest BCUT2D eigenvalue weighted by molar-refractivity contribution is -0.150. The molecule has 0 aromatic heterocycles. The lowest BCUT2D eigenvalue weighted by atomic mass is 10.0. The topological polar surface area (TPSA) is 63.6 Å². The number of rotatable bonds is 28. The zero-order valence-corrected chi connectivity index (χ0v) is 25.0. The number of allylic oxidation sites excluding steroid dienone is 6. The van der Waals surface area contributed by atoms with Crippen LogP contribution in [0.4, 0.5) is 0 Å². The van der Waals surface area contributed by atoms with E-state index in [0.29, 0.717) is 12.8 Å². The zero-order valence-electron chi connectivity index (χ0n) is 25.0. The lowest BCUT2D eigenvalue weighted by Gasteiger charge is -2.17. The Morgan fingerprint density at radius 2 is 1.11 bits per heavy atom. The Morgan fingerprint density at radius 1 is 0.605 bits per heavy atom. The first-order chi connectivity index (χ1) is 18.6. The van der Waals surface area contributed by atoms with Crippen LogP contribution < -0.4 is 0 Å². The number of ether oxygens (including phenoxy) is 1. The Bertz CT molecular complexity index is 620. The van der Waals surface area contributed by atoms with Crippen molar-refractivity contribution in [1.29, 1.82) is 0 Å². The van der Waals surface area contributed by atoms with Crippen LogP contribution in [0.15, 0.2) is 36.5 Å². The van der Waals surface area contributed by atoms with Gasteiger partial charge < -0.3 is 9.84 Å². The van der Waals surface area contributed by atoms with E-state index in [9.17, 15) is 9.59 Å².